The maximum atomic E-state index is 13.2. The van der Waals surface area contributed by atoms with Crippen molar-refractivity contribution in [2.24, 2.45) is 0 Å². The van der Waals surface area contributed by atoms with Crippen LogP contribution in [0, 0.1) is 13.8 Å². The molecule has 2 atom stereocenters. The molecule has 2 aromatic rings. The monoisotopic (exact) mass is 439 g/mol. The highest BCUT2D eigenvalue weighted by Gasteiger charge is 2.50. The molecule has 0 saturated carbocycles. The highest BCUT2D eigenvalue weighted by Crippen LogP contribution is 2.28. The second-order valence-electron chi connectivity index (χ2n) is 8.51. The van der Waals surface area contributed by atoms with Gasteiger partial charge in [0.25, 0.3) is 5.91 Å². The van der Waals surface area contributed by atoms with Crippen LogP contribution < -0.4 is 10.1 Å². The van der Waals surface area contributed by atoms with Gasteiger partial charge in [-0.2, -0.15) is 0 Å². The van der Waals surface area contributed by atoms with E-state index >= 15 is 0 Å². The lowest BCUT2D eigenvalue weighted by Crippen LogP contribution is -2.47. The fourth-order valence-electron chi connectivity index (χ4n) is 4.27. The van der Waals surface area contributed by atoms with Crippen LogP contribution in [0.15, 0.2) is 24.3 Å². The number of H-pyrrole nitrogens is 1. The van der Waals surface area contributed by atoms with Gasteiger partial charge in [-0.05, 0) is 70.7 Å². The van der Waals surface area contributed by atoms with E-state index in [-0.39, 0.29) is 11.5 Å². The molecule has 3 amide bonds. The third-order valence-electron chi connectivity index (χ3n) is 6.17. The number of imide groups is 1. The first-order chi connectivity index (χ1) is 15.0. The summed E-state index contributed by atoms with van der Waals surface area (Å²) < 4.78 is 5.16. The SMILES string of the molecule is COc1ccc(CC[C@@]2(C)NC(=O)N([C@H](C)C(=O)c3[nH]c(C)c(C(C)=O)c3C)C2=O)cc1. The summed E-state index contributed by atoms with van der Waals surface area (Å²) in [5.41, 5.74) is 1.71. The quantitative estimate of drug-likeness (QED) is 0.484. The predicted octanol–water partition coefficient (Wildman–Crippen LogP) is 3.36. The van der Waals surface area contributed by atoms with Crippen molar-refractivity contribution < 1.29 is 23.9 Å². The Morgan fingerprint density at radius 1 is 1.16 bits per heavy atom. The number of amides is 3. The van der Waals surface area contributed by atoms with Gasteiger partial charge in [0.05, 0.1) is 12.8 Å². The van der Waals surface area contributed by atoms with Crippen molar-refractivity contribution in [3.63, 3.8) is 0 Å². The van der Waals surface area contributed by atoms with Crippen molar-refractivity contribution in [2.75, 3.05) is 7.11 Å². The van der Waals surface area contributed by atoms with Crippen molar-refractivity contribution in [3.8, 4) is 5.75 Å². The summed E-state index contributed by atoms with van der Waals surface area (Å²) in [7, 11) is 1.59. The van der Waals surface area contributed by atoms with Crippen LogP contribution in [0.3, 0.4) is 0 Å². The second kappa shape index (κ2) is 8.61. The summed E-state index contributed by atoms with van der Waals surface area (Å²) in [6, 6.07) is 5.90. The van der Waals surface area contributed by atoms with E-state index in [0.29, 0.717) is 29.7 Å². The molecule has 0 unspecified atom stereocenters. The lowest BCUT2D eigenvalue weighted by molar-refractivity contribution is -0.131. The fraction of sp³-hybridized carbons (Fsp3) is 0.417. The third kappa shape index (κ3) is 4.04. The standard InChI is InChI=1S/C24H29N3O5/c1-13-19(16(4)28)14(2)25-20(13)21(29)15(3)27-22(30)24(5,26-23(27)31)12-11-17-7-9-18(32-6)10-8-17/h7-10,15,25H,11-12H2,1-6H3,(H,26,31)/t15-,24-/m1/s1. The number of Topliss-reactive ketones (excluding diaryl/α,β-unsaturated/α-hetero) is 2. The number of methoxy groups -OCH3 is 1. The van der Waals surface area contributed by atoms with E-state index in [4.69, 9.17) is 4.74 Å². The summed E-state index contributed by atoms with van der Waals surface area (Å²) in [4.78, 5) is 54.9. The van der Waals surface area contributed by atoms with Crippen molar-refractivity contribution in [2.45, 2.75) is 59.0 Å². The number of carbonyl (C=O) groups excluding carboxylic acids is 4. The van der Waals surface area contributed by atoms with Crippen LogP contribution in [0.4, 0.5) is 4.79 Å². The van der Waals surface area contributed by atoms with Crippen LogP contribution in [-0.4, -0.2) is 52.1 Å². The lowest BCUT2D eigenvalue weighted by atomic mass is 9.92. The topological polar surface area (TPSA) is 109 Å². The highest BCUT2D eigenvalue weighted by atomic mass is 16.5. The van der Waals surface area contributed by atoms with Gasteiger partial charge in [-0.3, -0.25) is 19.3 Å². The summed E-state index contributed by atoms with van der Waals surface area (Å²) >= 11 is 0. The van der Waals surface area contributed by atoms with E-state index in [2.05, 4.69) is 10.3 Å². The number of benzene rings is 1. The molecule has 1 aromatic carbocycles. The molecule has 2 heterocycles. The molecule has 1 aliphatic heterocycles. The Balaban J connectivity index is 1.77. The molecule has 1 saturated heterocycles. The Hall–Kier alpha value is -3.42. The molecule has 0 aliphatic carbocycles. The molecule has 0 radical (unpaired) electrons. The van der Waals surface area contributed by atoms with E-state index in [0.717, 1.165) is 16.2 Å². The first-order valence-electron chi connectivity index (χ1n) is 10.5. The van der Waals surface area contributed by atoms with E-state index in [9.17, 15) is 19.2 Å². The van der Waals surface area contributed by atoms with Gasteiger partial charge in [0.2, 0.25) is 5.78 Å². The number of carbonyl (C=O) groups is 4. The highest BCUT2D eigenvalue weighted by molar-refractivity contribution is 6.13. The number of aryl methyl sites for hydroxylation is 2. The van der Waals surface area contributed by atoms with Gasteiger partial charge in [-0.1, -0.05) is 12.1 Å². The van der Waals surface area contributed by atoms with Gasteiger partial charge in [-0.25, -0.2) is 4.79 Å². The summed E-state index contributed by atoms with van der Waals surface area (Å²) in [6.45, 7) is 8.04. The zero-order valence-electron chi connectivity index (χ0n) is 19.3. The zero-order valence-corrected chi connectivity index (χ0v) is 19.3. The van der Waals surface area contributed by atoms with Gasteiger partial charge in [0, 0.05) is 11.3 Å². The van der Waals surface area contributed by atoms with Crippen LogP contribution in [-0.2, 0) is 11.2 Å². The van der Waals surface area contributed by atoms with Gasteiger partial charge in [0.15, 0.2) is 5.78 Å². The van der Waals surface area contributed by atoms with Crippen molar-refractivity contribution in [1.82, 2.24) is 15.2 Å². The van der Waals surface area contributed by atoms with Gasteiger partial charge in [-0.15, -0.1) is 0 Å². The Bertz CT molecular complexity index is 1090. The van der Waals surface area contributed by atoms with Crippen LogP contribution >= 0.6 is 0 Å². The minimum Gasteiger partial charge on any atom is -0.497 e. The molecule has 170 valence electrons. The molecule has 32 heavy (non-hydrogen) atoms. The molecule has 0 spiro atoms. The number of nitrogens with zero attached hydrogens (tertiary/aromatic N) is 1. The Kier molecular flexibility index (Phi) is 6.25. The smallest absolute Gasteiger partial charge is 0.325 e. The largest absolute Gasteiger partial charge is 0.497 e. The van der Waals surface area contributed by atoms with Crippen molar-refractivity contribution >= 4 is 23.5 Å². The zero-order chi connectivity index (χ0) is 23.8. The maximum Gasteiger partial charge on any atom is 0.325 e. The Morgan fingerprint density at radius 2 is 1.78 bits per heavy atom. The average Bonchev–Trinajstić information content (AvgIpc) is 3.17. The molecule has 1 aliphatic rings. The molecule has 1 fully saturated rings. The predicted molar refractivity (Wildman–Crippen MR) is 119 cm³/mol. The fourth-order valence-corrected chi connectivity index (χ4v) is 4.27. The molecule has 2 N–H and O–H groups in total. The van der Waals surface area contributed by atoms with E-state index in [1.54, 1.807) is 27.9 Å². The lowest BCUT2D eigenvalue weighted by Gasteiger charge is -2.24. The number of nitrogens with one attached hydrogen (secondary N) is 2. The number of rotatable bonds is 8. The number of hydrogen-bond acceptors (Lipinski definition) is 5. The molecule has 1 aromatic heterocycles. The van der Waals surface area contributed by atoms with E-state index in [1.807, 2.05) is 24.3 Å². The normalized spacial score (nSPS) is 19.1. The molecule has 8 heteroatoms. The summed E-state index contributed by atoms with van der Waals surface area (Å²) in [5, 5.41) is 2.76. The third-order valence-corrected chi connectivity index (χ3v) is 6.17. The number of hydrogen-bond donors (Lipinski definition) is 2. The van der Waals surface area contributed by atoms with Crippen LogP contribution in [0.25, 0.3) is 0 Å². The first-order valence-corrected chi connectivity index (χ1v) is 10.5. The summed E-state index contributed by atoms with van der Waals surface area (Å²) in [5.74, 6) is -0.263. The van der Waals surface area contributed by atoms with E-state index in [1.165, 1.54) is 13.8 Å². The average molecular weight is 440 g/mol. The number of ether oxygens (including phenoxy) is 1. The number of aromatic amines is 1. The molecule has 0 bridgehead atoms. The first kappa shape index (κ1) is 23.2. The van der Waals surface area contributed by atoms with Gasteiger partial charge in [0.1, 0.15) is 17.3 Å². The number of ketones is 2. The minimum absolute atomic E-state index is 0.149. The minimum atomic E-state index is -1.11. The van der Waals surface area contributed by atoms with Crippen LogP contribution in [0.2, 0.25) is 0 Å². The van der Waals surface area contributed by atoms with Crippen molar-refractivity contribution in [3.05, 3.63) is 52.3 Å². The Morgan fingerprint density at radius 3 is 2.31 bits per heavy atom. The van der Waals surface area contributed by atoms with Crippen LogP contribution in [0.1, 0.15) is 64.9 Å². The van der Waals surface area contributed by atoms with Gasteiger partial charge < -0.3 is 15.0 Å². The molecular weight excluding hydrogens is 410 g/mol. The molecular formula is C24H29N3O5. The second-order valence-corrected chi connectivity index (χ2v) is 8.51. The van der Waals surface area contributed by atoms with Gasteiger partial charge >= 0.3 is 6.03 Å². The number of urea groups is 1. The molecule has 8 nitrogen and oxygen atoms in total. The molecule has 3 rings (SSSR count). The summed E-state index contributed by atoms with van der Waals surface area (Å²) in [6.07, 6.45) is 0.954. The Labute approximate surface area is 187 Å². The van der Waals surface area contributed by atoms with Crippen molar-refractivity contribution in [1.29, 1.82) is 0 Å². The maximum absolute atomic E-state index is 13.2. The van der Waals surface area contributed by atoms with E-state index < -0.39 is 29.3 Å². The number of aromatic nitrogens is 1. The van der Waals surface area contributed by atoms with Crippen LogP contribution in [0.5, 0.6) is 5.75 Å².